The summed E-state index contributed by atoms with van der Waals surface area (Å²) in [7, 11) is 2.07. The molecule has 1 aliphatic heterocycles. The summed E-state index contributed by atoms with van der Waals surface area (Å²) >= 11 is 0. The third-order valence-electron chi connectivity index (χ3n) is 3.66. The second-order valence-corrected chi connectivity index (χ2v) is 5.82. The lowest BCUT2D eigenvalue weighted by Gasteiger charge is -2.37. The molecule has 0 spiro atoms. The second kappa shape index (κ2) is 6.20. The molecule has 1 heterocycles. The molecule has 1 aromatic rings. The summed E-state index contributed by atoms with van der Waals surface area (Å²) in [5.41, 5.74) is 1.02. The van der Waals surface area contributed by atoms with Crippen molar-refractivity contribution in [3.05, 3.63) is 30.3 Å². The lowest BCUT2D eigenvalue weighted by Crippen LogP contribution is -2.52. The molecular weight excluding hydrogens is 236 g/mol. The molecule has 0 bridgehead atoms. The highest BCUT2D eigenvalue weighted by molar-refractivity contribution is 5.97. The Hall–Kier alpha value is -1.35. The monoisotopic (exact) mass is 260 g/mol. The number of likely N-dealkylation sites (N-methyl/N-ethyl adjacent to an activating group) is 1. The van der Waals surface area contributed by atoms with Gasteiger partial charge in [-0.3, -0.25) is 9.69 Å². The molecule has 19 heavy (non-hydrogen) atoms. The van der Waals surface area contributed by atoms with Crippen molar-refractivity contribution in [1.82, 2.24) is 4.90 Å². The van der Waals surface area contributed by atoms with Crippen molar-refractivity contribution in [2.75, 3.05) is 25.0 Å². The van der Waals surface area contributed by atoms with Crippen LogP contribution in [0.1, 0.15) is 26.7 Å². The number of hydrogen-bond acceptors (Lipinski definition) is 2. The van der Waals surface area contributed by atoms with Crippen molar-refractivity contribution in [1.29, 1.82) is 0 Å². The molecule has 1 atom stereocenters. The number of amides is 1. The van der Waals surface area contributed by atoms with Crippen molar-refractivity contribution in [3.63, 3.8) is 0 Å². The molecule has 2 rings (SSSR count). The molecule has 1 amide bonds. The van der Waals surface area contributed by atoms with Gasteiger partial charge in [0, 0.05) is 18.8 Å². The molecule has 1 aromatic carbocycles. The van der Waals surface area contributed by atoms with E-state index < -0.39 is 0 Å². The van der Waals surface area contributed by atoms with E-state index in [1.165, 1.54) is 0 Å². The zero-order valence-electron chi connectivity index (χ0n) is 12.2. The van der Waals surface area contributed by atoms with Crippen molar-refractivity contribution in [2.24, 2.45) is 5.92 Å². The number of nitrogens with zero attached hydrogens (tertiary/aromatic N) is 2. The van der Waals surface area contributed by atoms with E-state index in [0.717, 1.165) is 31.6 Å². The minimum atomic E-state index is 0.0383. The summed E-state index contributed by atoms with van der Waals surface area (Å²) in [6.07, 6.45) is 2.05. The molecule has 3 nitrogen and oxygen atoms in total. The maximum atomic E-state index is 12.6. The quantitative estimate of drug-likeness (QED) is 0.831. The SMILES string of the molecule is CC(C)CN(C)C1CCCN(c2ccccc2)C1=O. The Bertz CT molecular complexity index is 416. The number of hydrogen-bond donors (Lipinski definition) is 0. The largest absolute Gasteiger partial charge is 0.311 e. The summed E-state index contributed by atoms with van der Waals surface area (Å²) < 4.78 is 0. The van der Waals surface area contributed by atoms with Crippen LogP contribution in [0.25, 0.3) is 0 Å². The first-order chi connectivity index (χ1) is 9.09. The molecule has 1 fully saturated rings. The Balaban J connectivity index is 2.10. The minimum Gasteiger partial charge on any atom is -0.311 e. The number of rotatable bonds is 4. The van der Waals surface area contributed by atoms with E-state index in [1.807, 2.05) is 35.2 Å². The van der Waals surface area contributed by atoms with Gasteiger partial charge in [-0.05, 0) is 37.9 Å². The first-order valence-electron chi connectivity index (χ1n) is 7.16. The normalized spacial score (nSPS) is 20.4. The van der Waals surface area contributed by atoms with Gasteiger partial charge in [-0.15, -0.1) is 0 Å². The Morgan fingerprint density at radius 3 is 2.63 bits per heavy atom. The van der Waals surface area contributed by atoms with Crippen LogP contribution >= 0.6 is 0 Å². The van der Waals surface area contributed by atoms with Crippen LogP contribution in [0.3, 0.4) is 0 Å². The van der Waals surface area contributed by atoms with Crippen LogP contribution in [0.2, 0.25) is 0 Å². The average Bonchev–Trinajstić information content (AvgIpc) is 2.39. The Kier molecular flexibility index (Phi) is 4.59. The Morgan fingerprint density at radius 1 is 1.32 bits per heavy atom. The first kappa shape index (κ1) is 14.1. The van der Waals surface area contributed by atoms with Gasteiger partial charge in [0.25, 0.3) is 0 Å². The van der Waals surface area contributed by atoms with E-state index in [2.05, 4.69) is 25.8 Å². The third-order valence-corrected chi connectivity index (χ3v) is 3.66. The molecule has 0 saturated carbocycles. The summed E-state index contributed by atoms with van der Waals surface area (Å²) in [5, 5.41) is 0. The zero-order valence-corrected chi connectivity index (χ0v) is 12.2. The number of para-hydroxylation sites is 1. The maximum absolute atomic E-state index is 12.6. The topological polar surface area (TPSA) is 23.6 Å². The molecule has 0 aromatic heterocycles. The number of benzene rings is 1. The van der Waals surface area contributed by atoms with Gasteiger partial charge >= 0.3 is 0 Å². The lowest BCUT2D eigenvalue weighted by atomic mass is 10.0. The molecule has 1 unspecified atom stereocenters. The Labute approximate surface area is 116 Å². The van der Waals surface area contributed by atoms with E-state index in [0.29, 0.717) is 5.92 Å². The second-order valence-electron chi connectivity index (χ2n) is 5.82. The predicted octanol–water partition coefficient (Wildman–Crippen LogP) is 2.77. The fourth-order valence-corrected chi connectivity index (χ4v) is 2.83. The summed E-state index contributed by atoms with van der Waals surface area (Å²) in [5.74, 6) is 0.838. The fourth-order valence-electron chi connectivity index (χ4n) is 2.83. The highest BCUT2D eigenvalue weighted by atomic mass is 16.2. The number of anilines is 1. The van der Waals surface area contributed by atoms with E-state index in [1.54, 1.807) is 0 Å². The molecule has 104 valence electrons. The van der Waals surface area contributed by atoms with E-state index in [-0.39, 0.29) is 11.9 Å². The van der Waals surface area contributed by atoms with Crippen LogP contribution in [-0.2, 0) is 4.79 Å². The predicted molar refractivity (Wildman–Crippen MR) is 79.3 cm³/mol. The van der Waals surface area contributed by atoms with Crippen molar-refractivity contribution in [2.45, 2.75) is 32.7 Å². The number of carbonyl (C=O) groups excluding carboxylic acids is 1. The van der Waals surface area contributed by atoms with Crippen LogP contribution in [0, 0.1) is 5.92 Å². The van der Waals surface area contributed by atoms with Gasteiger partial charge in [0.05, 0.1) is 6.04 Å². The number of piperidine rings is 1. The van der Waals surface area contributed by atoms with Crippen LogP contribution in [0.4, 0.5) is 5.69 Å². The summed E-state index contributed by atoms with van der Waals surface area (Å²) in [6, 6.07) is 10.0. The molecule has 0 radical (unpaired) electrons. The molecule has 3 heteroatoms. The van der Waals surface area contributed by atoms with Gasteiger partial charge in [-0.2, -0.15) is 0 Å². The van der Waals surface area contributed by atoms with Crippen LogP contribution in [0.5, 0.6) is 0 Å². The van der Waals surface area contributed by atoms with Crippen molar-refractivity contribution in [3.8, 4) is 0 Å². The van der Waals surface area contributed by atoms with Crippen molar-refractivity contribution < 1.29 is 4.79 Å². The summed E-state index contributed by atoms with van der Waals surface area (Å²) in [4.78, 5) is 16.8. The van der Waals surface area contributed by atoms with Gasteiger partial charge < -0.3 is 4.90 Å². The Morgan fingerprint density at radius 2 is 2.00 bits per heavy atom. The standard InChI is InChI=1S/C16H24N2O/c1-13(2)12-17(3)15-10-7-11-18(16(15)19)14-8-5-4-6-9-14/h4-6,8-9,13,15H,7,10-12H2,1-3H3. The van der Waals surface area contributed by atoms with Gasteiger partial charge in [-0.1, -0.05) is 32.0 Å². The van der Waals surface area contributed by atoms with Gasteiger partial charge in [-0.25, -0.2) is 0 Å². The highest BCUT2D eigenvalue weighted by Gasteiger charge is 2.32. The summed E-state index contributed by atoms with van der Waals surface area (Å²) in [6.45, 7) is 6.20. The van der Waals surface area contributed by atoms with Gasteiger partial charge in [0.1, 0.15) is 0 Å². The van der Waals surface area contributed by atoms with Crippen LogP contribution in [-0.4, -0.2) is 37.0 Å². The van der Waals surface area contributed by atoms with Gasteiger partial charge in [0.2, 0.25) is 5.91 Å². The van der Waals surface area contributed by atoms with Crippen molar-refractivity contribution >= 4 is 11.6 Å². The lowest BCUT2D eigenvalue weighted by molar-refractivity contribution is -0.125. The molecular formula is C16H24N2O. The zero-order chi connectivity index (χ0) is 13.8. The average molecular weight is 260 g/mol. The highest BCUT2D eigenvalue weighted by Crippen LogP contribution is 2.23. The van der Waals surface area contributed by atoms with E-state index in [9.17, 15) is 4.79 Å². The van der Waals surface area contributed by atoms with Crippen LogP contribution in [0.15, 0.2) is 30.3 Å². The molecule has 0 aliphatic carbocycles. The first-order valence-corrected chi connectivity index (χ1v) is 7.16. The maximum Gasteiger partial charge on any atom is 0.244 e. The fraction of sp³-hybridized carbons (Fsp3) is 0.562. The smallest absolute Gasteiger partial charge is 0.244 e. The molecule has 1 saturated heterocycles. The van der Waals surface area contributed by atoms with Gasteiger partial charge in [0.15, 0.2) is 0 Å². The van der Waals surface area contributed by atoms with Crippen LogP contribution < -0.4 is 4.90 Å². The minimum absolute atomic E-state index is 0.0383. The molecule has 0 N–H and O–H groups in total. The van der Waals surface area contributed by atoms with E-state index >= 15 is 0 Å². The number of carbonyl (C=O) groups is 1. The van der Waals surface area contributed by atoms with E-state index in [4.69, 9.17) is 0 Å². The molecule has 1 aliphatic rings. The third kappa shape index (κ3) is 3.35.